The molecular formula is C17H23BrO. The summed E-state index contributed by atoms with van der Waals surface area (Å²) >= 11 is 3.75. The molecule has 1 aromatic carbocycles. The van der Waals surface area contributed by atoms with Gasteiger partial charge in [-0.05, 0) is 54.9 Å². The quantitative estimate of drug-likeness (QED) is 0.517. The predicted molar refractivity (Wildman–Crippen MR) is 82.4 cm³/mol. The molecule has 2 heteroatoms. The lowest BCUT2D eigenvalue weighted by Gasteiger charge is -2.28. The van der Waals surface area contributed by atoms with Crippen molar-refractivity contribution in [2.45, 2.75) is 38.7 Å². The van der Waals surface area contributed by atoms with Gasteiger partial charge < -0.3 is 4.74 Å². The number of hydrogen-bond acceptors (Lipinski definition) is 1. The Morgan fingerprint density at radius 1 is 1.16 bits per heavy atom. The van der Waals surface area contributed by atoms with Crippen molar-refractivity contribution in [2.75, 3.05) is 11.9 Å². The standard InChI is InChI=1S/C17H23BrO/c18-13-17(10-15-9-16(15)11-17)7-4-8-19-12-14-5-2-1-3-6-14/h1-3,5-6,15-16H,4,7-13H2. The molecule has 2 aliphatic rings. The van der Waals surface area contributed by atoms with Gasteiger partial charge in [0.15, 0.2) is 0 Å². The molecule has 104 valence electrons. The van der Waals surface area contributed by atoms with Gasteiger partial charge in [-0.3, -0.25) is 0 Å². The lowest BCUT2D eigenvalue weighted by atomic mass is 9.81. The molecule has 0 bridgehead atoms. The summed E-state index contributed by atoms with van der Waals surface area (Å²) in [4.78, 5) is 0. The summed E-state index contributed by atoms with van der Waals surface area (Å²) in [5.41, 5.74) is 1.88. The van der Waals surface area contributed by atoms with E-state index < -0.39 is 0 Å². The molecule has 1 aromatic rings. The molecule has 0 heterocycles. The number of ether oxygens (including phenoxy) is 1. The fourth-order valence-corrected chi connectivity index (χ4v) is 4.44. The van der Waals surface area contributed by atoms with E-state index in [-0.39, 0.29) is 0 Å². The third-order valence-electron chi connectivity index (χ3n) is 4.85. The zero-order valence-electron chi connectivity index (χ0n) is 11.5. The van der Waals surface area contributed by atoms with E-state index in [0.717, 1.165) is 25.0 Å². The van der Waals surface area contributed by atoms with Gasteiger partial charge in [0.25, 0.3) is 0 Å². The van der Waals surface area contributed by atoms with E-state index in [4.69, 9.17) is 4.74 Å². The first-order valence-electron chi connectivity index (χ1n) is 7.49. The van der Waals surface area contributed by atoms with Crippen molar-refractivity contribution >= 4 is 15.9 Å². The maximum atomic E-state index is 5.79. The zero-order valence-corrected chi connectivity index (χ0v) is 13.1. The van der Waals surface area contributed by atoms with Gasteiger partial charge in [-0.15, -0.1) is 0 Å². The highest BCUT2D eigenvalue weighted by Crippen LogP contribution is 2.61. The second-order valence-corrected chi connectivity index (χ2v) is 7.00. The van der Waals surface area contributed by atoms with Crippen molar-refractivity contribution in [3.63, 3.8) is 0 Å². The molecule has 1 nitrogen and oxygen atoms in total. The topological polar surface area (TPSA) is 9.23 Å². The Morgan fingerprint density at radius 2 is 1.89 bits per heavy atom. The Kier molecular flexibility index (Phi) is 4.28. The fraction of sp³-hybridized carbons (Fsp3) is 0.647. The molecule has 19 heavy (non-hydrogen) atoms. The third-order valence-corrected chi connectivity index (χ3v) is 6.04. The maximum Gasteiger partial charge on any atom is 0.0716 e. The van der Waals surface area contributed by atoms with Crippen LogP contribution < -0.4 is 0 Å². The Bertz CT molecular complexity index is 393. The first-order chi connectivity index (χ1) is 9.31. The van der Waals surface area contributed by atoms with Crippen LogP contribution in [0.4, 0.5) is 0 Å². The van der Waals surface area contributed by atoms with Crippen LogP contribution in [0.25, 0.3) is 0 Å². The van der Waals surface area contributed by atoms with Crippen LogP contribution in [0.1, 0.15) is 37.7 Å². The number of hydrogen-bond donors (Lipinski definition) is 0. The van der Waals surface area contributed by atoms with Crippen LogP contribution in [-0.2, 0) is 11.3 Å². The molecule has 3 rings (SSSR count). The van der Waals surface area contributed by atoms with E-state index in [1.807, 2.05) is 0 Å². The van der Waals surface area contributed by atoms with Gasteiger partial charge in [0, 0.05) is 11.9 Å². The van der Waals surface area contributed by atoms with Gasteiger partial charge in [-0.1, -0.05) is 46.3 Å². The Morgan fingerprint density at radius 3 is 2.58 bits per heavy atom. The van der Waals surface area contributed by atoms with Crippen LogP contribution in [0.15, 0.2) is 30.3 Å². The average Bonchev–Trinajstić information content (AvgIpc) is 3.07. The van der Waals surface area contributed by atoms with Gasteiger partial charge in [-0.25, -0.2) is 0 Å². The Hall–Kier alpha value is -0.340. The molecule has 2 atom stereocenters. The summed E-state index contributed by atoms with van der Waals surface area (Å²) in [6, 6.07) is 10.5. The van der Waals surface area contributed by atoms with E-state index in [1.54, 1.807) is 0 Å². The molecule has 0 spiro atoms. The minimum absolute atomic E-state index is 0.601. The largest absolute Gasteiger partial charge is 0.377 e. The molecule has 2 aliphatic carbocycles. The average molecular weight is 323 g/mol. The highest BCUT2D eigenvalue weighted by molar-refractivity contribution is 9.09. The van der Waals surface area contributed by atoms with E-state index >= 15 is 0 Å². The minimum atomic E-state index is 0.601. The minimum Gasteiger partial charge on any atom is -0.377 e. The van der Waals surface area contributed by atoms with Crippen LogP contribution in [-0.4, -0.2) is 11.9 Å². The first kappa shape index (κ1) is 13.6. The molecule has 2 saturated carbocycles. The summed E-state index contributed by atoms with van der Waals surface area (Å²) in [5, 5.41) is 1.19. The molecule has 2 unspecified atom stereocenters. The number of benzene rings is 1. The van der Waals surface area contributed by atoms with Crippen molar-refractivity contribution in [3.8, 4) is 0 Å². The van der Waals surface area contributed by atoms with Crippen molar-refractivity contribution in [3.05, 3.63) is 35.9 Å². The Balaban J connectivity index is 1.34. The summed E-state index contributed by atoms with van der Waals surface area (Å²) in [5.74, 6) is 2.14. The van der Waals surface area contributed by atoms with Gasteiger partial charge >= 0.3 is 0 Å². The van der Waals surface area contributed by atoms with Gasteiger partial charge in [-0.2, -0.15) is 0 Å². The Labute approximate surface area is 124 Å². The lowest BCUT2D eigenvalue weighted by Crippen LogP contribution is -2.21. The van der Waals surface area contributed by atoms with Crippen LogP contribution in [0, 0.1) is 17.3 Å². The molecule has 0 N–H and O–H groups in total. The summed E-state index contributed by atoms with van der Waals surface area (Å²) in [7, 11) is 0. The van der Waals surface area contributed by atoms with E-state index in [9.17, 15) is 0 Å². The zero-order chi connectivity index (χ0) is 13.1. The van der Waals surface area contributed by atoms with Crippen molar-refractivity contribution < 1.29 is 4.74 Å². The third kappa shape index (κ3) is 3.41. The first-order valence-corrected chi connectivity index (χ1v) is 8.61. The molecule has 0 saturated heterocycles. The van der Waals surface area contributed by atoms with E-state index in [1.165, 1.54) is 43.0 Å². The van der Waals surface area contributed by atoms with Crippen LogP contribution in [0.3, 0.4) is 0 Å². The van der Waals surface area contributed by atoms with E-state index in [0.29, 0.717) is 5.41 Å². The van der Waals surface area contributed by atoms with Crippen molar-refractivity contribution in [1.29, 1.82) is 0 Å². The van der Waals surface area contributed by atoms with Gasteiger partial charge in [0.1, 0.15) is 0 Å². The number of fused-ring (bicyclic) bond motifs is 1. The second-order valence-electron chi connectivity index (χ2n) is 6.44. The van der Waals surface area contributed by atoms with Crippen LogP contribution >= 0.6 is 15.9 Å². The molecule has 0 amide bonds. The summed E-state index contributed by atoms with van der Waals surface area (Å²) in [6.45, 7) is 1.66. The molecule has 0 aromatic heterocycles. The van der Waals surface area contributed by atoms with E-state index in [2.05, 4.69) is 46.3 Å². The number of alkyl halides is 1. The normalized spacial score (nSPS) is 32.3. The predicted octanol–water partition coefficient (Wildman–Crippen LogP) is 4.79. The number of rotatable bonds is 7. The van der Waals surface area contributed by atoms with Gasteiger partial charge in [0.2, 0.25) is 0 Å². The molecular weight excluding hydrogens is 300 g/mol. The smallest absolute Gasteiger partial charge is 0.0716 e. The van der Waals surface area contributed by atoms with Gasteiger partial charge in [0.05, 0.1) is 6.61 Å². The highest BCUT2D eigenvalue weighted by atomic mass is 79.9. The fourth-order valence-electron chi connectivity index (χ4n) is 3.70. The van der Waals surface area contributed by atoms with Crippen molar-refractivity contribution in [1.82, 2.24) is 0 Å². The summed E-state index contributed by atoms with van der Waals surface area (Å²) in [6.07, 6.45) is 6.97. The summed E-state index contributed by atoms with van der Waals surface area (Å²) < 4.78 is 5.79. The monoisotopic (exact) mass is 322 g/mol. The van der Waals surface area contributed by atoms with Crippen molar-refractivity contribution in [2.24, 2.45) is 17.3 Å². The second kappa shape index (κ2) is 5.97. The molecule has 0 radical (unpaired) electrons. The van der Waals surface area contributed by atoms with Crippen LogP contribution in [0.2, 0.25) is 0 Å². The number of halogens is 1. The van der Waals surface area contributed by atoms with Crippen LogP contribution in [0.5, 0.6) is 0 Å². The SMILES string of the molecule is BrCC1(CCCOCc2ccccc2)CC2CC2C1. The maximum absolute atomic E-state index is 5.79. The lowest BCUT2D eigenvalue weighted by molar-refractivity contribution is 0.106. The molecule has 2 fully saturated rings. The molecule has 0 aliphatic heterocycles. The highest BCUT2D eigenvalue weighted by Gasteiger charge is 2.52.